The van der Waals surface area contributed by atoms with Crippen molar-refractivity contribution >= 4 is 44.5 Å². The van der Waals surface area contributed by atoms with E-state index in [4.69, 9.17) is 4.74 Å². The second-order valence-corrected chi connectivity index (χ2v) is 8.34. The zero-order valence-corrected chi connectivity index (χ0v) is 16.9. The Morgan fingerprint density at radius 3 is 2.89 bits per heavy atom. The van der Waals surface area contributed by atoms with Crippen molar-refractivity contribution in [3.8, 4) is 16.2 Å². The molecule has 0 radical (unpaired) electrons. The molecule has 6 nitrogen and oxygen atoms in total. The van der Waals surface area contributed by atoms with Crippen LogP contribution in [0, 0.1) is 6.92 Å². The molecule has 0 saturated heterocycles. The highest BCUT2D eigenvalue weighted by atomic mass is 32.1. The third-order valence-electron chi connectivity index (χ3n) is 4.23. The topological polar surface area (TPSA) is 73.2 Å². The summed E-state index contributed by atoms with van der Waals surface area (Å²) in [7, 11) is 1.56. The van der Waals surface area contributed by atoms with E-state index in [1.54, 1.807) is 42.7 Å². The van der Waals surface area contributed by atoms with E-state index in [1.807, 2.05) is 24.4 Å². The third-order valence-corrected chi connectivity index (χ3v) is 6.15. The van der Waals surface area contributed by atoms with Gasteiger partial charge in [0.05, 0.1) is 18.8 Å². The Labute approximate surface area is 169 Å². The van der Waals surface area contributed by atoms with Crippen molar-refractivity contribution in [2.24, 2.45) is 0 Å². The first-order valence-electron chi connectivity index (χ1n) is 8.52. The number of hydrogen-bond donors (Lipinski definition) is 1. The molecule has 142 valence electrons. The van der Waals surface area contributed by atoms with E-state index in [0.717, 1.165) is 10.4 Å². The van der Waals surface area contributed by atoms with Crippen molar-refractivity contribution in [3.63, 3.8) is 0 Å². The van der Waals surface area contributed by atoms with Gasteiger partial charge in [-0.2, -0.15) is 0 Å². The summed E-state index contributed by atoms with van der Waals surface area (Å²) in [6.45, 7) is 1.92. The fourth-order valence-electron chi connectivity index (χ4n) is 2.90. The number of aryl methyl sites for hydroxylation is 1. The molecule has 0 aliphatic heterocycles. The van der Waals surface area contributed by atoms with E-state index >= 15 is 0 Å². The SMILES string of the molecule is COc1cccc(NC(=O)Cn2cnc3scc(-c4ccc(C)s4)c3c2=O)c1. The number of thiophene rings is 2. The van der Waals surface area contributed by atoms with E-state index in [2.05, 4.69) is 10.3 Å². The quantitative estimate of drug-likeness (QED) is 0.536. The summed E-state index contributed by atoms with van der Waals surface area (Å²) in [6.07, 6.45) is 1.43. The molecular formula is C20H17N3O3S2. The molecule has 0 aliphatic carbocycles. The number of ether oxygens (including phenoxy) is 1. The summed E-state index contributed by atoms with van der Waals surface area (Å²) in [5, 5.41) is 5.29. The number of methoxy groups -OCH3 is 1. The van der Waals surface area contributed by atoms with Gasteiger partial charge in [0.1, 0.15) is 17.1 Å². The van der Waals surface area contributed by atoms with Crippen LogP contribution in [0.1, 0.15) is 4.88 Å². The van der Waals surface area contributed by atoms with Gasteiger partial charge in [-0.25, -0.2) is 4.98 Å². The summed E-state index contributed by atoms with van der Waals surface area (Å²) in [5.41, 5.74) is 1.27. The van der Waals surface area contributed by atoms with Crippen LogP contribution in [0.25, 0.3) is 20.7 Å². The van der Waals surface area contributed by atoms with Crippen molar-refractivity contribution in [1.82, 2.24) is 9.55 Å². The summed E-state index contributed by atoms with van der Waals surface area (Å²) >= 11 is 3.07. The van der Waals surface area contributed by atoms with E-state index in [9.17, 15) is 9.59 Å². The molecule has 8 heteroatoms. The maximum Gasteiger partial charge on any atom is 0.263 e. The standard InChI is InChI=1S/C20H17N3O3S2/c1-12-6-7-16(28-12)15-10-27-19-18(15)20(25)23(11-21-19)9-17(24)22-13-4-3-5-14(8-13)26-2/h3-8,10-11H,9H2,1-2H3,(H,22,24). The number of hydrogen-bond acceptors (Lipinski definition) is 6. The van der Waals surface area contributed by atoms with Gasteiger partial charge in [-0.1, -0.05) is 6.07 Å². The lowest BCUT2D eigenvalue weighted by atomic mass is 10.2. The Hall–Kier alpha value is -2.97. The molecule has 1 amide bonds. The summed E-state index contributed by atoms with van der Waals surface area (Å²) in [5.74, 6) is 0.340. The van der Waals surface area contributed by atoms with Gasteiger partial charge in [0.25, 0.3) is 5.56 Å². The van der Waals surface area contributed by atoms with E-state index in [-0.39, 0.29) is 18.0 Å². The zero-order valence-electron chi connectivity index (χ0n) is 15.3. The molecular weight excluding hydrogens is 394 g/mol. The van der Waals surface area contributed by atoms with E-state index in [0.29, 0.717) is 21.7 Å². The van der Waals surface area contributed by atoms with Crippen LogP contribution in [0.2, 0.25) is 0 Å². The Bertz CT molecular complexity index is 1220. The second kappa shape index (κ2) is 7.57. The van der Waals surface area contributed by atoms with Crippen molar-refractivity contribution < 1.29 is 9.53 Å². The predicted octanol–water partition coefficient (Wildman–Crippen LogP) is 4.14. The first-order chi connectivity index (χ1) is 13.5. The highest BCUT2D eigenvalue weighted by Gasteiger charge is 2.16. The highest BCUT2D eigenvalue weighted by molar-refractivity contribution is 7.19. The summed E-state index contributed by atoms with van der Waals surface area (Å²) < 4.78 is 6.50. The van der Waals surface area contributed by atoms with Crippen LogP contribution in [0.5, 0.6) is 5.75 Å². The fourth-order valence-corrected chi connectivity index (χ4v) is 4.76. The van der Waals surface area contributed by atoms with Crippen molar-refractivity contribution in [2.75, 3.05) is 12.4 Å². The first kappa shape index (κ1) is 18.4. The number of anilines is 1. The predicted molar refractivity (Wildman–Crippen MR) is 114 cm³/mol. The lowest BCUT2D eigenvalue weighted by Crippen LogP contribution is -2.27. The molecule has 0 aliphatic rings. The van der Waals surface area contributed by atoms with Gasteiger partial charge in [-0.3, -0.25) is 14.2 Å². The number of carbonyl (C=O) groups is 1. The van der Waals surface area contributed by atoms with Gasteiger partial charge >= 0.3 is 0 Å². The van der Waals surface area contributed by atoms with E-state index in [1.165, 1.54) is 27.1 Å². The average Bonchev–Trinajstić information content (AvgIpc) is 3.30. The van der Waals surface area contributed by atoms with Gasteiger partial charge in [0.15, 0.2) is 0 Å². The van der Waals surface area contributed by atoms with Crippen LogP contribution >= 0.6 is 22.7 Å². The van der Waals surface area contributed by atoms with E-state index < -0.39 is 0 Å². The Morgan fingerprint density at radius 2 is 2.14 bits per heavy atom. The van der Waals surface area contributed by atoms with Gasteiger partial charge < -0.3 is 10.1 Å². The van der Waals surface area contributed by atoms with Gasteiger partial charge in [-0.05, 0) is 31.2 Å². The van der Waals surface area contributed by atoms with Gasteiger partial charge in [0.2, 0.25) is 5.91 Å². The van der Waals surface area contributed by atoms with Crippen molar-refractivity contribution in [2.45, 2.75) is 13.5 Å². The number of nitrogens with one attached hydrogen (secondary N) is 1. The molecule has 1 aromatic carbocycles. The van der Waals surface area contributed by atoms with Crippen molar-refractivity contribution in [3.05, 3.63) is 63.3 Å². The minimum atomic E-state index is -0.305. The molecule has 0 atom stereocenters. The monoisotopic (exact) mass is 411 g/mol. The highest BCUT2D eigenvalue weighted by Crippen LogP contribution is 2.34. The van der Waals surface area contributed by atoms with Crippen molar-refractivity contribution in [1.29, 1.82) is 0 Å². The summed E-state index contributed by atoms with van der Waals surface area (Å²) in [4.78, 5) is 32.7. The molecule has 3 heterocycles. The Morgan fingerprint density at radius 1 is 1.29 bits per heavy atom. The minimum absolute atomic E-state index is 0.113. The normalized spacial score (nSPS) is 10.9. The molecule has 0 spiro atoms. The molecule has 28 heavy (non-hydrogen) atoms. The molecule has 0 saturated carbocycles. The molecule has 0 bridgehead atoms. The van der Waals surface area contributed by atoms with Gasteiger partial charge in [0, 0.05) is 32.5 Å². The number of rotatable bonds is 5. The first-order valence-corrected chi connectivity index (χ1v) is 10.2. The zero-order chi connectivity index (χ0) is 19.7. The summed E-state index contributed by atoms with van der Waals surface area (Å²) in [6, 6.07) is 11.1. The van der Waals surface area contributed by atoms with Crippen LogP contribution in [-0.4, -0.2) is 22.6 Å². The maximum atomic E-state index is 13.0. The number of nitrogens with zero attached hydrogens (tertiary/aromatic N) is 2. The number of fused-ring (bicyclic) bond motifs is 1. The number of benzene rings is 1. The minimum Gasteiger partial charge on any atom is -0.497 e. The number of amides is 1. The molecule has 0 unspecified atom stereocenters. The Kier molecular flexibility index (Phi) is 4.97. The largest absolute Gasteiger partial charge is 0.497 e. The average molecular weight is 412 g/mol. The lowest BCUT2D eigenvalue weighted by Gasteiger charge is -2.08. The van der Waals surface area contributed by atoms with Crippen LogP contribution in [-0.2, 0) is 11.3 Å². The van der Waals surface area contributed by atoms with Crippen LogP contribution in [0.15, 0.2) is 52.9 Å². The molecule has 4 rings (SSSR count). The Balaban J connectivity index is 1.63. The van der Waals surface area contributed by atoms with Crippen LogP contribution in [0.3, 0.4) is 0 Å². The molecule has 4 aromatic rings. The molecule has 3 aromatic heterocycles. The smallest absolute Gasteiger partial charge is 0.263 e. The van der Waals surface area contributed by atoms with Crippen LogP contribution < -0.4 is 15.6 Å². The lowest BCUT2D eigenvalue weighted by molar-refractivity contribution is -0.116. The number of aromatic nitrogens is 2. The maximum absolute atomic E-state index is 13.0. The fraction of sp³-hybridized carbons (Fsp3) is 0.150. The third kappa shape index (κ3) is 3.56. The molecule has 1 N–H and O–H groups in total. The number of carbonyl (C=O) groups excluding carboxylic acids is 1. The second-order valence-electron chi connectivity index (χ2n) is 6.20. The molecule has 0 fully saturated rings. The van der Waals surface area contributed by atoms with Gasteiger partial charge in [-0.15, -0.1) is 22.7 Å². The van der Waals surface area contributed by atoms with Crippen LogP contribution in [0.4, 0.5) is 5.69 Å².